The maximum absolute atomic E-state index is 6.21. The summed E-state index contributed by atoms with van der Waals surface area (Å²) < 4.78 is 6.21. The van der Waals surface area contributed by atoms with Crippen LogP contribution in [0.5, 0.6) is 0 Å². The molecule has 2 heteroatoms. The zero-order valence-electron chi connectivity index (χ0n) is 43.0. The highest BCUT2D eigenvalue weighted by molar-refractivity contribution is 6.06. The van der Waals surface area contributed by atoms with Gasteiger partial charge in [0.15, 0.2) is 0 Å². The largest absolute Gasteiger partial charge is 0.456 e. The molecule has 0 spiro atoms. The van der Waals surface area contributed by atoms with Crippen molar-refractivity contribution in [2.45, 2.75) is 38.5 Å². The number of rotatable bonds is 7. The molecule has 0 aliphatic heterocycles. The predicted octanol–water partition coefficient (Wildman–Crippen LogP) is 20.6. The number of hydrogen-bond donors (Lipinski definition) is 0. The van der Waals surface area contributed by atoms with E-state index in [1.165, 1.54) is 93.9 Å². The van der Waals surface area contributed by atoms with Gasteiger partial charge in [-0.1, -0.05) is 191 Å². The van der Waals surface area contributed by atoms with Crippen LogP contribution in [-0.4, -0.2) is 0 Å². The summed E-state index contributed by atoms with van der Waals surface area (Å²) in [5, 5.41) is 7.31. The second kappa shape index (κ2) is 16.6. The summed E-state index contributed by atoms with van der Waals surface area (Å²) in [6, 6.07) is 92.4. The summed E-state index contributed by atoms with van der Waals surface area (Å²) >= 11 is 0. The minimum absolute atomic E-state index is 0.239. The van der Waals surface area contributed by atoms with E-state index in [0.717, 1.165) is 55.7 Å². The van der Waals surface area contributed by atoms with Crippen molar-refractivity contribution in [3.8, 4) is 66.8 Å². The van der Waals surface area contributed by atoms with Gasteiger partial charge in [0.25, 0.3) is 0 Å². The van der Waals surface area contributed by atoms with Crippen LogP contribution in [0.3, 0.4) is 0 Å². The van der Waals surface area contributed by atoms with Crippen LogP contribution < -0.4 is 4.90 Å². The molecular formula is C74H53NO. The molecule has 76 heavy (non-hydrogen) atoms. The molecule has 0 unspecified atom stereocenters. The Morgan fingerprint density at radius 2 is 0.658 bits per heavy atom. The standard InChI is InChI=1S/C74H53NO/c1-73(2)67-42-56(53-25-23-46-13-5-7-15-48(46)37-53)27-32-61(67)63-34-30-59(44-69(63)73)75(58-20-12-19-52(40-58)50-17-11-18-51(39-50)55-29-36-72-66(41-55)65-21-9-10-22-71(65)76-72)60-31-35-64-62-33-28-57(43-68(62)74(3,4)70(64)45-60)54-26-24-47-14-6-8-16-49(47)38-54/h5-45H,1-4H3. The molecule has 12 aromatic carbocycles. The number of furan rings is 1. The van der Waals surface area contributed by atoms with Crippen molar-refractivity contribution in [2.24, 2.45) is 0 Å². The van der Waals surface area contributed by atoms with E-state index in [9.17, 15) is 0 Å². The van der Waals surface area contributed by atoms with Gasteiger partial charge >= 0.3 is 0 Å². The van der Waals surface area contributed by atoms with Crippen molar-refractivity contribution in [1.82, 2.24) is 0 Å². The Labute approximate surface area is 443 Å². The number of para-hydroxylation sites is 1. The first-order valence-electron chi connectivity index (χ1n) is 26.6. The summed E-state index contributed by atoms with van der Waals surface area (Å²) in [6.07, 6.45) is 0. The monoisotopic (exact) mass is 971 g/mol. The molecule has 0 radical (unpaired) electrons. The minimum Gasteiger partial charge on any atom is -0.456 e. The summed E-state index contributed by atoms with van der Waals surface area (Å²) in [5.41, 5.74) is 24.9. The smallest absolute Gasteiger partial charge is 0.135 e. The second-order valence-electron chi connectivity index (χ2n) is 22.1. The third kappa shape index (κ3) is 6.94. The van der Waals surface area contributed by atoms with Crippen LogP contribution in [0.4, 0.5) is 17.1 Å². The van der Waals surface area contributed by atoms with E-state index in [0.29, 0.717) is 0 Å². The molecule has 360 valence electrons. The molecule has 2 nitrogen and oxygen atoms in total. The highest BCUT2D eigenvalue weighted by Crippen LogP contribution is 2.54. The quantitative estimate of drug-likeness (QED) is 0.158. The van der Waals surface area contributed by atoms with Gasteiger partial charge in [-0.3, -0.25) is 0 Å². The molecule has 15 rings (SSSR count). The van der Waals surface area contributed by atoms with Crippen LogP contribution in [0.15, 0.2) is 253 Å². The molecule has 0 amide bonds. The molecule has 0 saturated carbocycles. The van der Waals surface area contributed by atoms with Gasteiger partial charge < -0.3 is 9.32 Å². The van der Waals surface area contributed by atoms with Gasteiger partial charge in [-0.2, -0.15) is 0 Å². The fourth-order valence-corrected chi connectivity index (χ4v) is 12.9. The van der Waals surface area contributed by atoms with Gasteiger partial charge in [0.2, 0.25) is 0 Å². The average Bonchev–Trinajstić information content (AvgIpc) is 4.03. The van der Waals surface area contributed by atoms with Crippen LogP contribution in [-0.2, 0) is 10.8 Å². The van der Waals surface area contributed by atoms with E-state index in [2.05, 4.69) is 269 Å². The number of anilines is 3. The van der Waals surface area contributed by atoms with E-state index in [1.54, 1.807) is 0 Å². The molecule has 1 aromatic heterocycles. The molecule has 0 atom stereocenters. The molecule has 13 aromatic rings. The first-order valence-corrected chi connectivity index (χ1v) is 26.6. The van der Waals surface area contributed by atoms with Crippen molar-refractivity contribution >= 4 is 60.5 Å². The Bertz CT molecular complexity index is 4360. The van der Waals surface area contributed by atoms with E-state index < -0.39 is 0 Å². The highest BCUT2D eigenvalue weighted by atomic mass is 16.3. The van der Waals surface area contributed by atoms with Crippen molar-refractivity contribution < 1.29 is 4.42 Å². The Hall–Kier alpha value is -9.24. The van der Waals surface area contributed by atoms with Crippen LogP contribution in [0.1, 0.15) is 49.9 Å². The van der Waals surface area contributed by atoms with Crippen molar-refractivity contribution in [1.29, 1.82) is 0 Å². The summed E-state index contributed by atoms with van der Waals surface area (Å²) in [7, 11) is 0. The lowest BCUT2D eigenvalue weighted by molar-refractivity contribution is 0.660. The van der Waals surface area contributed by atoms with Gasteiger partial charge in [-0.25, -0.2) is 0 Å². The van der Waals surface area contributed by atoms with Crippen molar-refractivity contribution in [3.05, 3.63) is 271 Å². The second-order valence-corrected chi connectivity index (χ2v) is 22.1. The summed E-state index contributed by atoms with van der Waals surface area (Å²) in [5.74, 6) is 0. The fourth-order valence-electron chi connectivity index (χ4n) is 12.9. The van der Waals surface area contributed by atoms with Gasteiger partial charge in [-0.05, 0) is 195 Å². The average molecular weight is 972 g/mol. The van der Waals surface area contributed by atoms with Gasteiger partial charge in [0.1, 0.15) is 11.2 Å². The number of hydrogen-bond acceptors (Lipinski definition) is 2. The molecule has 0 fully saturated rings. The van der Waals surface area contributed by atoms with Crippen LogP contribution in [0.2, 0.25) is 0 Å². The predicted molar refractivity (Wildman–Crippen MR) is 320 cm³/mol. The molecule has 0 saturated heterocycles. The van der Waals surface area contributed by atoms with Gasteiger partial charge in [-0.15, -0.1) is 0 Å². The first kappa shape index (κ1) is 44.3. The molecule has 2 aliphatic carbocycles. The summed E-state index contributed by atoms with van der Waals surface area (Å²) in [4.78, 5) is 2.49. The lowest BCUT2D eigenvalue weighted by atomic mass is 9.81. The van der Waals surface area contributed by atoms with Crippen LogP contribution in [0.25, 0.3) is 110 Å². The van der Waals surface area contributed by atoms with E-state index >= 15 is 0 Å². The lowest BCUT2D eigenvalue weighted by Crippen LogP contribution is -2.18. The normalized spacial score (nSPS) is 13.7. The Kier molecular flexibility index (Phi) is 9.69. The van der Waals surface area contributed by atoms with Gasteiger partial charge in [0, 0.05) is 38.7 Å². The minimum atomic E-state index is -0.239. The van der Waals surface area contributed by atoms with E-state index in [1.807, 2.05) is 12.1 Å². The van der Waals surface area contributed by atoms with E-state index in [-0.39, 0.29) is 10.8 Å². The highest BCUT2D eigenvalue weighted by Gasteiger charge is 2.38. The van der Waals surface area contributed by atoms with E-state index in [4.69, 9.17) is 4.42 Å². The third-order valence-corrected chi connectivity index (χ3v) is 17.0. The SMILES string of the molecule is CC1(C)c2cc(-c3ccc4ccccc4c3)ccc2-c2ccc(N(c3cccc(-c4cccc(-c5ccc6oc7ccccc7c6c5)c4)c3)c3ccc4c(c3)C(C)(C)c3cc(-c5ccc6ccccc6c5)ccc3-4)cc21. The Morgan fingerprint density at radius 3 is 1.24 bits per heavy atom. The van der Waals surface area contributed by atoms with Crippen molar-refractivity contribution in [3.63, 3.8) is 0 Å². The topological polar surface area (TPSA) is 16.4 Å². The van der Waals surface area contributed by atoms with Crippen LogP contribution >= 0.6 is 0 Å². The third-order valence-electron chi connectivity index (χ3n) is 17.0. The number of fused-ring (bicyclic) bond motifs is 11. The zero-order valence-corrected chi connectivity index (χ0v) is 43.0. The van der Waals surface area contributed by atoms with Crippen molar-refractivity contribution in [2.75, 3.05) is 4.90 Å². The number of benzene rings is 12. The maximum Gasteiger partial charge on any atom is 0.135 e. The molecular weight excluding hydrogens is 919 g/mol. The molecule has 0 N–H and O–H groups in total. The zero-order chi connectivity index (χ0) is 50.9. The molecule has 2 aliphatic rings. The molecule has 1 heterocycles. The Morgan fingerprint density at radius 1 is 0.263 bits per heavy atom. The van der Waals surface area contributed by atoms with Gasteiger partial charge in [0.05, 0.1) is 0 Å². The Balaban J connectivity index is 0.841. The number of nitrogens with zero attached hydrogens (tertiary/aromatic N) is 1. The first-order chi connectivity index (χ1) is 37.1. The summed E-state index contributed by atoms with van der Waals surface area (Å²) in [6.45, 7) is 9.60. The van der Waals surface area contributed by atoms with Crippen LogP contribution in [0, 0.1) is 0 Å². The maximum atomic E-state index is 6.21. The lowest BCUT2D eigenvalue weighted by Gasteiger charge is -2.30. The molecule has 0 bridgehead atoms. The fraction of sp³-hybridized carbons (Fsp3) is 0.0811.